The quantitative estimate of drug-likeness (QED) is 0.513. The summed E-state index contributed by atoms with van der Waals surface area (Å²) in [6.45, 7) is 10.3. The molecule has 0 amide bonds. The predicted molar refractivity (Wildman–Crippen MR) is 116 cm³/mol. The van der Waals surface area contributed by atoms with Crippen molar-refractivity contribution in [3.8, 4) is 10.4 Å². The molecule has 2 atom stereocenters. The lowest BCUT2D eigenvalue weighted by atomic mass is 9.92. The first-order chi connectivity index (χ1) is 13.7. The van der Waals surface area contributed by atoms with E-state index in [1.165, 1.54) is 23.5 Å². The lowest BCUT2D eigenvalue weighted by Crippen LogP contribution is -2.02. The maximum absolute atomic E-state index is 12.6. The van der Waals surface area contributed by atoms with E-state index in [0.29, 0.717) is 12.5 Å². The van der Waals surface area contributed by atoms with Crippen molar-refractivity contribution >= 4 is 25.3 Å². The molecule has 1 heterocycles. The molecule has 7 heteroatoms. The van der Waals surface area contributed by atoms with Crippen molar-refractivity contribution in [3.63, 3.8) is 0 Å². The minimum absolute atomic E-state index is 0.286. The summed E-state index contributed by atoms with van der Waals surface area (Å²) in [5.41, 5.74) is 2.87. The zero-order valence-electron chi connectivity index (χ0n) is 16.5. The van der Waals surface area contributed by atoms with Crippen molar-refractivity contribution in [3.05, 3.63) is 82.3 Å². The topological polar surface area (TPSA) is 63.6 Å². The summed E-state index contributed by atoms with van der Waals surface area (Å²) < 4.78 is 29.4. The van der Waals surface area contributed by atoms with E-state index in [-0.39, 0.29) is 10.7 Å². The number of halogens is 1. The third-order valence-corrected chi connectivity index (χ3v) is 6.84. The minimum Gasteiger partial charge on any atom is -0.477 e. The molecule has 2 aromatic rings. The van der Waals surface area contributed by atoms with Gasteiger partial charge < -0.3 is 5.11 Å². The largest absolute Gasteiger partial charge is 0.548 e. The van der Waals surface area contributed by atoms with Gasteiger partial charge in [-0.05, 0) is 65.8 Å². The molecule has 1 aromatic heterocycles. The molecule has 0 aliphatic heterocycles. The summed E-state index contributed by atoms with van der Waals surface area (Å²) in [4.78, 5) is 11.8. The molecule has 0 saturated carbocycles. The molecule has 4 nitrogen and oxygen atoms in total. The Labute approximate surface area is 174 Å². The lowest BCUT2D eigenvalue weighted by Gasteiger charge is -2.14. The van der Waals surface area contributed by atoms with Crippen LogP contribution in [0.5, 0.6) is 0 Å². The molecular formula is C22H23FO4PS+. The van der Waals surface area contributed by atoms with Crippen LogP contribution in [0.15, 0.2) is 71.6 Å². The Bertz CT molecular complexity index is 973. The van der Waals surface area contributed by atoms with Crippen molar-refractivity contribution in [1.29, 1.82) is 0 Å². The van der Waals surface area contributed by atoms with Crippen molar-refractivity contribution in [2.75, 3.05) is 6.61 Å². The Hall–Kier alpha value is -2.40. The van der Waals surface area contributed by atoms with Crippen LogP contribution in [0, 0.1) is 11.7 Å². The third kappa shape index (κ3) is 6.04. The van der Waals surface area contributed by atoms with Gasteiger partial charge in [0.05, 0.1) is 0 Å². The van der Waals surface area contributed by atoms with Crippen LogP contribution in [0.1, 0.15) is 30.4 Å². The standard InChI is InChI=1S/C11H7FO2S.C11H16O2P/c12-8-3-1-7(2-4-8)9-5-6-10(15-9)11(13)14;1-5-13-14(12)11-7-6-8(2)9(3)10(11)4/h1-6H,(H,13,14);6-8H,3,5H2,1-2,4H3/q;+1. The number of rotatable bonds is 5. The highest BCUT2D eigenvalue weighted by molar-refractivity contribution is 7.44. The Morgan fingerprint density at radius 2 is 1.93 bits per heavy atom. The molecule has 3 rings (SSSR count). The first-order valence-corrected chi connectivity index (χ1v) is 11.0. The van der Waals surface area contributed by atoms with Crippen LogP contribution in [0.3, 0.4) is 0 Å². The summed E-state index contributed by atoms with van der Waals surface area (Å²) in [6, 6.07) is 9.25. The molecule has 2 unspecified atom stereocenters. The summed E-state index contributed by atoms with van der Waals surface area (Å²) in [6.07, 6.45) is 3.90. The zero-order chi connectivity index (χ0) is 21.6. The van der Waals surface area contributed by atoms with Gasteiger partial charge in [-0.3, -0.25) is 0 Å². The molecule has 1 N–H and O–H groups in total. The fraction of sp³-hybridized carbons (Fsp3) is 0.227. The van der Waals surface area contributed by atoms with Gasteiger partial charge in [0, 0.05) is 10.5 Å². The van der Waals surface area contributed by atoms with Crippen molar-refractivity contribution < 1.29 is 23.4 Å². The van der Waals surface area contributed by atoms with Gasteiger partial charge in [0.2, 0.25) is 5.31 Å². The summed E-state index contributed by atoms with van der Waals surface area (Å²) in [7, 11) is -1.70. The number of hydrogen-bond acceptors (Lipinski definition) is 4. The Morgan fingerprint density at radius 3 is 2.48 bits per heavy atom. The average molecular weight is 433 g/mol. The monoisotopic (exact) mass is 433 g/mol. The van der Waals surface area contributed by atoms with Crippen LogP contribution in [-0.4, -0.2) is 17.7 Å². The van der Waals surface area contributed by atoms with Crippen LogP contribution in [0.2, 0.25) is 0 Å². The molecule has 0 saturated heterocycles. The smallest absolute Gasteiger partial charge is 0.477 e. The van der Waals surface area contributed by atoms with E-state index in [1.54, 1.807) is 24.3 Å². The van der Waals surface area contributed by atoms with Crippen molar-refractivity contribution in [2.45, 2.75) is 20.8 Å². The molecule has 0 spiro atoms. The van der Waals surface area contributed by atoms with Crippen LogP contribution in [0.4, 0.5) is 4.39 Å². The summed E-state index contributed by atoms with van der Waals surface area (Å²) in [5, 5.41) is 9.52. The number of allylic oxidation sites excluding steroid dienone is 5. The number of carbonyl (C=O) groups is 1. The van der Waals surface area contributed by atoms with Crippen molar-refractivity contribution in [1.82, 2.24) is 0 Å². The number of carboxylic acids is 1. The average Bonchev–Trinajstić information content (AvgIpc) is 3.18. The van der Waals surface area contributed by atoms with Gasteiger partial charge in [0.25, 0.3) is 0 Å². The number of carboxylic acid groups (broad SMARTS) is 1. The van der Waals surface area contributed by atoms with E-state index >= 15 is 0 Å². The lowest BCUT2D eigenvalue weighted by molar-refractivity contribution is 0.0702. The van der Waals surface area contributed by atoms with Gasteiger partial charge in [-0.25, -0.2) is 9.18 Å². The Kier molecular flexibility index (Phi) is 8.21. The van der Waals surface area contributed by atoms with Gasteiger partial charge in [-0.15, -0.1) is 15.9 Å². The Morgan fingerprint density at radius 1 is 1.28 bits per heavy atom. The molecule has 0 radical (unpaired) electrons. The molecular weight excluding hydrogens is 410 g/mol. The van der Waals surface area contributed by atoms with Gasteiger partial charge in [-0.1, -0.05) is 31.7 Å². The number of benzene rings is 1. The highest BCUT2D eigenvalue weighted by atomic mass is 32.1. The molecule has 0 fully saturated rings. The van der Waals surface area contributed by atoms with Gasteiger partial charge >= 0.3 is 14.0 Å². The minimum atomic E-state index is -1.70. The highest BCUT2D eigenvalue weighted by Crippen LogP contribution is 2.42. The second-order valence-corrected chi connectivity index (χ2v) is 8.67. The fourth-order valence-electron chi connectivity index (χ4n) is 2.59. The second-order valence-electron chi connectivity index (χ2n) is 6.33. The van der Waals surface area contributed by atoms with E-state index in [0.717, 1.165) is 26.9 Å². The molecule has 1 aromatic carbocycles. The summed E-state index contributed by atoms with van der Waals surface area (Å²) in [5.74, 6) is -0.897. The van der Waals surface area contributed by atoms with Crippen molar-refractivity contribution in [2.24, 2.45) is 5.92 Å². The number of thiophene rings is 1. The normalized spacial score (nSPS) is 16.3. The highest BCUT2D eigenvalue weighted by Gasteiger charge is 2.29. The third-order valence-electron chi connectivity index (χ3n) is 4.35. The Balaban J connectivity index is 0.000000208. The van der Waals surface area contributed by atoms with E-state index in [4.69, 9.17) is 9.63 Å². The molecule has 152 valence electrons. The van der Waals surface area contributed by atoms with E-state index in [9.17, 15) is 13.8 Å². The molecule has 0 bridgehead atoms. The van der Waals surface area contributed by atoms with E-state index in [1.807, 2.05) is 26.0 Å². The van der Waals surface area contributed by atoms with Gasteiger partial charge in [-0.2, -0.15) is 0 Å². The molecule has 1 aliphatic carbocycles. The predicted octanol–water partition coefficient (Wildman–Crippen LogP) is 7.05. The maximum Gasteiger partial charge on any atom is 0.548 e. The zero-order valence-corrected chi connectivity index (χ0v) is 18.2. The second kappa shape index (κ2) is 10.4. The first kappa shape index (κ1) is 22.9. The van der Waals surface area contributed by atoms with Gasteiger partial charge in [0.15, 0.2) is 0 Å². The molecule has 1 aliphatic rings. The SMILES string of the molecule is C=C1C(C)=C([P+](=O)OCC)C=CC1C.O=C(O)c1ccc(-c2ccc(F)cc2)s1. The molecule has 29 heavy (non-hydrogen) atoms. The maximum atomic E-state index is 12.6. The first-order valence-electron chi connectivity index (χ1n) is 9.02. The fourth-order valence-corrected chi connectivity index (χ4v) is 4.44. The van der Waals surface area contributed by atoms with Crippen LogP contribution in [0.25, 0.3) is 10.4 Å². The number of aromatic carboxylic acids is 1. The van der Waals surface area contributed by atoms with Crippen LogP contribution >= 0.6 is 19.4 Å². The van der Waals surface area contributed by atoms with Gasteiger partial charge in [0.1, 0.15) is 17.3 Å². The van der Waals surface area contributed by atoms with Crippen LogP contribution in [-0.2, 0) is 9.09 Å². The van der Waals surface area contributed by atoms with Crippen LogP contribution < -0.4 is 0 Å². The van der Waals surface area contributed by atoms with E-state index < -0.39 is 14.0 Å². The van der Waals surface area contributed by atoms with E-state index in [2.05, 4.69) is 13.5 Å². The summed E-state index contributed by atoms with van der Waals surface area (Å²) >= 11 is 1.18. The number of hydrogen-bond donors (Lipinski definition) is 1.